The van der Waals surface area contributed by atoms with E-state index in [1.54, 1.807) is 30.3 Å². The largest absolute Gasteiger partial charge is 0.463 e. The molecule has 0 radical (unpaired) electrons. The molecule has 0 aliphatic heterocycles. The minimum absolute atomic E-state index is 0.0255. The number of nitrogens with two attached hydrogens (primary N) is 1. The van der Waals surface area contributed by atoms with Crippen molar-refractivity contribution in [1.29, 1.82) is 5.41 Å². The first-order valence-electron chi connectivity index (χ1n) is 10.7. The molecule has 0 atom stereocenters. The molecular formula is C22H40N2O4S. The van der Waals surface area contributed by atoms with Crippen molar-refractivity contribution in [1.82, 2.24) is 0 Å². The van der Waals surface area contributed by atoms with Gasteiger partial charge in [0, 0.05) is 0 Å². The summed E-state index contributed by atoms with van der Waals surface area (Å²) in [5.41, 5.74) is 4.85. The summed E-state index contributed by atoms with van der Waals surface area (Å²) < 4.78 is 33.4. The van der Waals surface area contributed by atoms with Crippen LogP contribution in [0.3, 0.4) is 0 Å². The van der Waals surface area contributed by atoms with E-state index in [2.05, 4.69) is 11.7 Å². The molecule has 0 aliphatic rings. The van der Waals surface area contributed by atoms with Gasteiger partial charge < -0.3 is 10.5 Å². The SMILES string of the molecule is CC(C)OC(=N)N.CCCCCCCCCCCCOS(=O)(=O)c1ccccc1. The van der Waals surface area contributed by atoms with E-state index in [9.17, 15) is 8.42 Å². The van der Waals surface area contributed by atoms with Crippen LogP contribution >= 0.6 is 0 Å². The van der Waals surface area contributed by atoms with Crippen LogP contribution in [0.5, 0.6) is 0 Å². The standard InChI is InChI=1S/C18H30O3S.C4H10N2O/c1-2-3-4-5-6-7-8-9-10-14-17-21-22(19,20)18-15-12-11-13-16-18;1-3(2)7-4(5)6/h11-13,15-16H,2-10,14,17H2,1H3;3H,1-2H3,(H3,5,6). The molecule has 168 valence electrons. The third-order valence-corrected chi connectivity index (χ3v) is 5.46. The first kappa shape index (κ1) is 27.4. The molecule has 29 heavy (non-hydrogen) atoms. The van der Waals surface area contributed by atoms with Crippen molar-refractivity contribution in [2.75, 3.05) is 6.61 Å². The number of rotatable bonds is 14. The number of ether oxygens (including phenoxy) is 1. The lowest BCUT2D eigenvalue weighted by molar-refractivity contribution is 0.222. The van der Waals surface area contributed by atoms with Crippen LogP contribution in [0.1, 0.15) is 85.0 Å². The monoisotopic (exact) mass is 428 g/mol. The number of unbranched alkanes of at least 4 members (excludes halogenated alkanes) is 9. The first-order chi connectivity index (χ1) is 13.8. The number of nitrogens with one attached hydrogen (secondary N) is 1. The summed E-state index contributed by atoms with van der Waals surface area (Å²) in [7, 11) is -3.57. The van der Waals surface area contributed by atoms with Crippen molar-refractivity contribution in [3.8, 4) is 0 Å². The molecule has 0 unspecified atom stereocenters. The van der Waals surface area contributed by atoms with E-state index in [0.29, 0.717) is 0 Å². The van der Waals surface area contributed by atoms with E-state index < -0.39 is 10.1 Å². The molecule has 0 bridgehead atoms. The minimum Gasteiger partial charge on any atom is -0.463 e. The van der Waals surface area contributed by atoms with Crippen LogP contribution in [-0.4, -0.2) is 27.2 Å². The van der Waals surface area contributed by atoms with Crippen LogP contribution in [0.4, 0.5) is 0 Å². The van der Waals surface area contributed by atoms with Gasteiger partial charge in [-0.2, -0.15) is 8.42 Å². The Balaban J connectivity index is 0.000000956. The highest BCUT2D eigenvalue weighted by Gasteiger charge is 2.13. The minimum atomic E-state index is -3.57. The topological polar surface area (TPSA) is 102 Å². The molecule has 1 aromatic carbocycles. The summed E-state index contributed by atoms with van der Waals surface area (Å²) in [6.45, 7) is 6.16. The lowest BCUT2D eigenvalue weighted by atomic mass is 10.1. The van der Waals surface area contributed by atoms with Gasteiger partial charge in [0.1, 0.15) is 0 Å². The predicted molar refractivity (Wildman–Crippen MR) is 120 cm³/mol. The molecule has 6 nitrogen and oxygen atoms in total. The van der Waals surface area contributed by atoms with Gasteiger partial charge in [-0.15, -0.1) is 0 Å². The van der Waals surface area contributed by atoms with E-state index >= 15 is 0 Å². The van der Waals surface area contributed by atoms with Crippen LogP contribution in [0.25, 0.3) is 0 Å². The maximum atomic E-state index is 11.9. The molecule has 0 heterocycles. The zero-order chi connectivity index (χ0) is 22.0. The van der Waals surface area contributed by atoms with Crippen LogP contribution in [-0.2, 0) is 19.0 Å². The Bertz CT molecular complexity index is 619. The van der Waals surface area contributed by atoms with Crippen LogP contribution < -0.4 is 5.73 Å². The average Bonchev–Trinajstić information content (AvgIpc) is 2.66. The zero-order valence-electron chi connectivity index (χ0n) is 18.4. The van der Waals surface area contributed by atoms with Gasteiger partial charge in [0.25, 0.3) is 16.1 Å². The lowest BCUT2D eigenvalue weighted by Gasteiger charge is -2.05. The van der Waals surface area contributed by atoms with Crippen molar-refractivity contribution >= 4 is 16.1 Å². The molecule has 7 heteroatoms. The number of hydrogen-bond donors (Lipinski definition) is 2. The van der Waals surface area contributed by atoms with Crippen LogP contribution in [0.15, 0.2) is 35.2 Å². The fourth-order valence-electron chi connectivity index (χ4n) is 2.67. The molecule has 3 N–H and O–H groups in total. The van der Waals surface area contributed by atoms with Crippen LogP contribution in [0, 0.1) is 5.41 Å². The van der Waals surface area contributed by atoms with Gasteiger partial charge in [0.05, 0.1) is 17.6 Å². The molecule has 0 amide bonds. The quantitative estimate of drug-likeness (QED) is 0.173. The Kier molecular flexibility index (Phi) is 16.3. The maximum absolute atomic E-state index is 11.9. The number of amidine groups is 1. The summed E-state index contributed by atoms with van der Waals surface area (Å²) in [6, 6.07) is 8.12. The van der Waals surface area contributed by atoms with Gasteiger partial charge in [0.15, 0.2) is 0 Å². The van der Waals surface area contributed by atoms with E-state index in [0.717, 1.165) is 12.8 Å². The van der Waals surface area contributed by atoms with Gasteiger partial charge in [-0.25, -0.2) is 0 Å². The number of hydrogen-bond acceptors (Lipinski definition) is 5. The van der Waals surface area contributed by atoms with Gasteiger partial charge in [-0.3, -0.25) is 9.59 Å². The average molecular weight is 429 g/mol. The second kappa shape index (κ2) is 17.3. The Morgan fingerprint density at radius 3 is 1.83 bits per heavy atom. The fraction of sp³-hybridized carbons (Fsp3) is 0.682. The van der Waals surface area contributed by atoms with E-state index in [4.69, 9.17) is 15.3 Å². The van der Waals surface area contributed by atoms with Crippen molar-refractivity contribution in [3.63, 3.8) is 0 Å². The molecule has 0 aromatic heterocycles. The summed E-state index contributed by atoms with van der Waals surface area (Å²) in [5.74, 6) is 0. The smallest absolute Gasteiger partial charge is 0.296 e. The predicted octanol–water partition coefficient (Wildman–Crippen LogP) is 5.62. The summed E-state index contributed by atoms with van der Waals surface area (Å²) in [5, 5.41) is 6.58. The third-order valence-electron chi connectivity index (χ3n) is 4.13. The lowest BCUT2D eigenvalue weighted by Crippen LogP contribution is -2.18. The van der Waals surface area contributed by atoms with Crippen molar-refractivity contribution in [2.45, 2.75) is 96.0 Å². The molecule has 0 fully saturated rings. The Hall–Kier alpha value is -1.60. The zero-order valence-corrected chi connectivity index (χ0v) is 19.2. The van der Waals surface area contributed by atoms with Crippen molar-refractivity contribution in [3.05, 3.63) is 30.3 Å². The van der Waals surface area contributed by atoms with Gasteiger partial charge in [-0.1, -0.05) is 82.9 Å². The van der Waals surface area contributed by atoms with Gasteiger partial charge in [0.2, 0.25) is 0 Å². The Labute approximate surface area is 177 Å². The normalized spacial score (nSPS) is 11.0. The molecule has 0 saturated carbocycles. The maximum Gasteiger partial charge on any atom is 0.296 e. The van der Waals surface area contributed by atoms with Crippen molar-refractivity contribution in [2.24, 2.45) is 5.73 Å². The second-order valence-corrected chi connectivity index (χ2v) is 8.92. The van der Waals surface area contributed by atoms with E-state index in [1.807, 2.05) is 13.8 Å². The highest BCUT2D eigenvalue weighted by atomic mass is 32.2. The Morgan fingerprint density at radius 2 is 1.41 bits per heavy atom. The Morgan fingerprint density at radius 1 is 0.931 bits per heavy atom. The van der Waals surface area contributed by atoms with Gasteiger partial charge in [-0.05, 0) is 32.4 Å². The molecular weight excluding hydrogens is 388 g/mol. The summed E-state index contributed by atoms with van der Waals surface area (Å²) in [4.78, 5) is 0.238. The molecule has 0 spiro atoms. The fourth-order valence-corrected chi connectivity index (χ4v) is 3.63. The van der Waals surface area contributed by atoms with Gasteiger partial charge >= 0.3 is 0 Å². The summed E-state index contributed by atoms with van der Waals surface area (Å²) in [6.07, 6.45) is 12.3. The molecule has 1 rings (SSSR count). The molecule has 0 saturated heterocycles. The van der Waals surface area contributed by atoms with Crippen molar-refractivity contribution < 1.29 is 17.3 Å². The highest BCUT2D eigenvalue weighted by molar-refractivity contribution is 7.86. The van der Waals surface area contributed by atoms with Crippen LogP contribution in [0.2, 0.25) is 0 Å². The second-order valence-electron chi connectivity index (χ2n) is 7.30. The summed E-state index contributed by atoms with van der Waals surface area (Å²) >= 11 is 0. The highest BCUT2D eigenvalue weighted by Crippen LogP contribution is 2.13. The first-order valence-corrected chi connectivity index (χ1v) is 12.2. The third kappa shape index (κ3) is 17.0. The van der Waals surface area contributed by atoms with E-state index in [-0.39, 0.29) is 23.6 Å². The molecule has 0 aliphatic carbocycles. The number of benzene rings is 1. The molecule has 1 aromatic rings. The van der Waals surface area contributed by atoms with E-state index in [1.165, 1.54) is 51.4 Å².